The lowest BCUT2D eigenvalue weighted by Crippen LogP contribution is -2.05. The minimum absolute atomic E-state index is 0.0327. The van der Waals surface area contributed by atoms with Crippen molar-refractivity contribution in [3.63, 3.8) is 0 Å². The number of hydrogen-bond acceptors (Lipinski definition) is 2. The molecule has 0 bridgehead atoms. The Kier molecular flexibility index (Phi) is 2.87. The Balaban J connectivity index is 2.84. The molecule has 0 spiro atoms. The van der Waals surface area contributed by atoms with Gasteiger partial charge in [0.05, 0.1) is 0 Å². The van der Waals surface area contributed by atoms with Gasteiger partial charge in [0.1, 0.15) is 11.6 Å². The first-order valence-corrected chi connectivity index (χ1v) is 4.11. The summed E-state index contributed by atoms with van der Waals surface area (Å²) >= 11 is 0. The molecular formula is C9H11NO2. The van der Waals surface area contributed by atoms with Crippen LogP contribution in [-0.4, -0.2) is 11.1 Å². The van der Waals surface area contributed by atoms with E-state index < -0.39 is 5.97 Å². The summed E-state index contributed by atoms with van der Waals surface area (Å²) in [6, 6.07) is 1.75. The van der Waals surface area contributed by atoms with Crippen molar-refractivity contribution in [1.29, 1.82) is 5.26 Å². The number of hydrogen-bond donors (Lipinski definition) is 1. The largest absolute Gasteiger partial charge is 0.477 e. The van der Waals surface area contributed by atoms with Crippen molar-refractivity contribution in [3.05, 3.63) is 11.1 Å². The van der Waals surface area contributed by atoms with E-state index in [1.165, 1.54) is 0 Å². The first kappa shape index (κ1) is 8.79. The fourth-order valence-electron chi connectivity index (χ4n) is 1.51. The molecule has 0 radical (unpaired) electrons. The van der Waals surface area contributed by atoms with Crippen molar-refractivity contribution in [3.8, 4) is 6.07 Å². The lowest BCUT2D eigenvalue weighted by molar-refractivity contribution is -0.132. The highest BCUT2D eigenvalue weighted by Gasteiger charge is 2.15. The number of aliphatic carboxylic acids is 1. The van der Waals surface area contributed by atoms with Crippen LogP contribution in [0.4, 0.5) is 0 Å². The Labute approximate surface area is 71.3 Å². The number of carboxylic acid groups (broad SMARTS) is 1. The van der Waals surface area contributed by atoms with Crippen LogP contribution in [0.5, 0.6) is 0 Å². The molecule has 64 valence electrons. The molecule has 0 aromatic rings. The lowest BCUT2D eigenvalue weighted by Gasteiger charge is -2.13. The summed E-state index contributed by atoms with van der Waals surface area (Å²) in [7, 11) is 0. The van der Waals surface area contributed by atoms with E-state index in [-0.39, 0.29) is 5.57 Å². The van der Waals surface area contributed by atoms with Gasteiger partial charge in [-0.05, 0) is 31.3 Å². The Morgan fingerprint density at radius 3 is 2.33 bits per heavy atom. The van der Waals surface area contributed by atoms with Gasteiger partial charge in [-0.1, -0.05) is 6.42 Å². The maximum Gasteiger partial charge on any atom is 0.346 e. The summed E-state index contributed by atoms with van der Waals surface area (Å²) in [5.41, 5.74) is 0.797. The average Bonchev–Trinajstić information content (AvgIpc) is 2.07. The van der Waals surface area contributed by atoms with E-state index in [0.29, 0.717) is 0 Å². The van der Waals surface area contributed by atoms with Crippen LogP contribution in [0.1, 0.15) is 32.1 Å². The van der Waals surface area contributed by atoms with Crippen molar-refractivity contribution < 1.29 is 9.90 Å². The third-order valence-corrected chi connectivity index (χ3v) is 2.14. The minimum atomic E-state index is -1.07. The van der Waals surface area contributed by atoms with Crippen LogP contribution in [0.15, 0.2) is 11.1 Å². The Hall–Kier alpha value is -1.30. The summed E-state index contributed by atoms with van der Waals surface area (Å²) in [4.78, 5) is 10.5. The zero-order valence-corrected chi connectivity index (χ0v) is 6.84. The molecule has 0 aliphatic heterocycles. The normalized spacial score (nSPS) is 16.8. The maximum atomic E-state index is 10.5. The van der Waals surface area contributed by atoms with Crippen molar-refractivity contribution in [1.82, 2.24) is 0 Å². The summed E-state index contributed by atoms with van der Waals surface area (Å²) in [6.45, 7) is 0. The zero-order chi connectivity index (χ0) is 8.97. The van der Waals surface area contributed by atoms with Crippen molar-refractivity contribution in [2.75, 3.05) is 0 Å². The third kappa shape index (κ3) is 1.85. The van der Waals surface area contributed by atoms with Gasteiger partial charge in [0.2, 0.25) is 0 Å². The fraction of sp³-hybridized carbons (Fsp3) is 0.556. The molecule has 1 aliphatic carbocycles. The predicted molar refractivity (Wildman–Crippen MR) is 43.4 cm³/mol. The highest BCUT2D eigenvalue weighted by Crippen LogP contribution is 2.25. The molecule has 0 heterocycles. The second-order valence-corrected chi connectivity index (χ2v) is 2.96. The molecule has 1 aliphatic rings. The molecule has 1 fully saturated rings. The van der Waals surface area contributed by atoms with Gasteiger partial charge in [0.15, 0.2) is 0 Å². The molecule has 0 unspecified atom stereocenters. The van der Waals surface area contributed by atoms with Crippen LogP contribution in [0.2, 0.25) is 0 Å². The van der Waals surface area contributed by atoms with Gasteiger partial charge in [-0.15, -0.1) is 0 Å². The fourth-order valence-corrected chi connectivity index (χ4v) is 1.51. The molecule has 0 aromatic carbocycles. The second kappa shape index (κ2) is 3.91. The molecule has 3 nitrogen and oxygen atoms in total. The van der Waals surface area contributed by atoms with E-state index in [1.54, 1.807) is 6.07 Å². The van der Waals surface area contributed by atoms with E-state index in [4.69, 9.17) is 10.4 Å². The highest BCUT2D eigenvalue weighted by molar-refractivity contribution is 5.92. The number of allylic oxidation sites excluding steroid dienone is 1. The topological polar surface area (TPSA) is 61.1 Å². The van der Waals surface area contributed by atoms with Crippen LogP contribution < -0.4 is 0 Å². The molecule has 0 atom stereocenters. The van der Waals surface area contributed by atoms with Gasteiger partial charge in [-0.3, -0.25) is 0 Å². The number of nitrogens with zero attached hydrogens (tertiary/aromatic N) is 1. The summed E-state index contributed by atoms with van der Waals surface area (Å²) in [5, 5.41) is 17.2. The van der Waals surface area contributed by atoms with Gasteiger partial charge >= 0.3 is 5.97 Å². The van der Waals surface area contributed by atoms with Crippen LogP contribution in [0.25, 0.3) is 0 Å². The first-order valence-electron chi connectivity index (χ1n) is 4.11. The summed E-state index contributed by atoms with van der Waals surface area (Å²) < 4.78 is 0. The van der Waals surface area contributed by atoms with E-state index >= 15 is 0 Å². The van der Waals surface area contributed by atoms with E-state index in [9.17, 15) is 4.79 Å². The summed E-state index contributed by atoms with van der Waals surface area (Å²) in [5.74, 6) is -1.07. The third-order valence-electron chi connectivity index (χ3n) is 2.14. The van der Waals surface area contributed by atoms with Gasteiger partial charge in [-0.2, -0.15) is 5.26 Å². The van der Waals surface area contributed by atoms with Gasteiger partial charge < -0.3 is 5.11 Å². The van der Waals surface area contributed by atoms with E-state index in [1.807, 2.05) is 0 Å². The number of carbonyl (C=O) groups is 1. The molecule has 1 N–H and O–H groups in total. The molecule has 1 rings (SSSR count). The Morgan fingerprint density at radius 1 is 1.33 bits per heavy atom. The van der Waals surface area contributed by atoms with Crippen LogP contribution in [0.3, 0.4) is 0 Å². The van der Waals surface area contributed by atoms with Crippen LogP contribution in [0, 0.1) is 11.3 Å². The molecule has 0 saturated heterocycles. The van der Waals surface area contributed by atoms with Crippen LogP contribution >= 0.6 is 0 Å². The van der Waals surface area contributed by atoms with Gasteiger partial charge in [0, 0.05) is 0 Å². The van der Waals surface area contributed by atoms with Crippen molar-refractivity contribution >= 4 is 5.97 Å². The Bertz CT molecular complexity index is 252. The Morgan fingerprint density at radius 2 is 1.92 bits per heavy atom. The van der Waals surface area contributed by atoms with E-state index in [2.05, 4.69) is 0 Å². The molecule has 3 heteroatoms. The van der Waals surface area contributed by atoms with Crippen molar-refractivity contribution in [2.45, 2.75) is 32.1 Å². The number of rotatable bonds is 1. The molecular weight excluding hydrogens is 154 g/mol. The standard InChI is InChI=1S/C9H11NO2/c10-6-8(9(11)12)7-4-2-1-3-5-7/h1-5H2,(H,11,12). The first-order chi connectivity index (χ1) is 5.75. The highest BCUT2D eigenvalue weighted by atomic mass is 16.4. The lowest BCUT2D eigenvalue weighted by atomic mass is 9.91. The monoisotopic (exact) mass is 165 g/mol. The van der Waals surface area contributed by atoms with Gasteiger partial charge in [0.25, 0.3) is 0 Å². The molecule has 1 saturated carbocycles. The minimum Gasteiger partial charge on any atom is -0.477 e. The quantitative estimate of drug-likeness (QED) is 0.476. The van der Waals surface area contributed by atoms with E-state index in [0.717, 1.165) is 37.7 Å². The average molecular weight is 165 g/mol. The molecule has 0 aromatic heterocycles. The summed E-state index contributed by atoms with van der Waals surface area (Å²) in [6.07, 6.45) is 4.77. The second-order valence-electron chi connectivity index (χ2n) is 2.96. The smallest absolute Gasteiger partial charge is 0.346 e. The number of carboxylic acids is 1. The number of nitriles is 1. The SMILES string of the molecule is N#CC(C(=O)O)=C1CCCCC1. The van der Waals surface area contributed by atoms with Crippen LogP contribution in [-0.2, 0) is 4.79 Å². The maximum absolute atomic E-state index is 10.5. The molecule has 12 heavy (non-hydrogen) atoms. The van der Waals surface area contributed by atoms with Gasteiger partial charge in [-0.25, -0.2) is 4.79 Å². The predicted octanol–water partition coefficient (Wildman–Crippen LogP) is 1.86. The zero-order valence-electron chi connectivity index (χ0n) is 6.84. The molecule has 0 amide bonds. The van der Waals surface area contributed by atoms with Crippen molar-refractivity contribution in [2.24, 2.45) is 0 Å².